The standard InChI is InChI=1S/C13H23NO/c1-6-13(5,7-2)9-11-8-12(10(3)4)14-15-11/h8,10H,6-7,9H2,1-5H3. The van der Waals surface area contributed by atoms with Gasteiger partial charge in [0.15, 0.2) is 0 Å². The van der Waals surface area contributed by atoms with Crippen molar-refractivity contribution in [1.82, 2.24) is 5.16 Å². The van der Waals surface area contributed by atoms with E-state index >= 15 is 0 Å². The monoisotopic (exact) mass is 209 g/mol. The molecule has 0 aliphatic carbocycles. The Morgan fingerprint density at radius 3 is 2.33 bits per heavy atom. The molecule has 0 saturated heterocycles. The van der Waals surface area contributed by atoms with Crippen LogP contribution in [0.3, 0.4) is 0 Å². The summed E-state index contributed by atoms with van der Waals surface area (Å²) in [5.74, 6) is 1.49. The van der Waals surface area contributed by atoms with Crippen LogP contribution < -0.4 is 0 Å². The van der Waals surface area contributed by atoms with Gasteiger partial charge in [0.25, 0.3) is 0 Å². The maximum absolute atomic E-state index is 5.38. The first-order valence-electron chi connectivity index (χ1n) is 5.96. The van der Waals surface area contributed by atoms with Gasteiger partial charge in [-0.25, -0.2) is 0 Å². The van der Waals surface area contributed by atoms with Crippen molar-refractivity contribution in [3.05, 3.63) is 17.5 Å². The van der Waals surface area contributed by atoms with Crippen LogP contribution in [0.4, 0.5) is 0 Å². The minimum Gasteiger partial charge on any atom is -0.361 e. The summed E-state index contributed by atoms with van der Waals surface area (Å²) in [4.78, 5) is 0. The summed E-state index contributed by atoms with van der Waals surface area (Å²) < 4.78 is 5.38. The molecule has 2 heteroatoms. The van der Waals surface area contributed by atoms with Crippen LogP contribution in [-0.2, 0) is 6.42 Å². The minimum absolute atomic E-state index is 0.355. The van der Waals surface area contributed by atoms with Crippen molar-refractivity contribution in [2.45, 2.75) is 59.8 Å². The summed E-state index contributed by atoms with van der Waals surface area (Å²) in [6, 6.07) is 2.11. The van der Waals surface area contributed by atoms with Gasteiger partial charge in [0.2, 0.25) is 0 Å². The number of nitrogens with zero attached hydrogens (tertiary/aromatic N) is 1. The molecule has 1 aromatic rings. The first-order valence-corrected chi connectivity index (χ1v) is 5.96. The van der Waals surface area contributed by atoms with E-state index in [1.54, 1.807) is 0 Å². The van der Waals surface area contributed by atoms with Crippen molar-refractivity contribution < 1.29 is 4.52 Å². The van der Waals surface area contributed by atoms with Crippen molar-refractivity contribution >= 4 is 0 Å². The zero-order chi connectivity index (χ0) is 11.5. The summed E-state index contributed by atoms with van der Waals surface area (Å²) in [6.45, 7) is 11.1. The highest BCUT2D eigenvalue weighted by Gasteiger charge is 2.22. The van der Waals surface area contributed by atoms with E-state index in [0.29, 0.717) is 11.3 Å². The highest BCUT2D eigenvalue weighted by molar-refractivity contribution is 5.10. The van der Waals surface area contributed by atoms with Crippen molar-refractivity contribution in [3.63, 3.8) is 0 Å². The van der Waals surface area contributed by atoms with Crippen LogP contribution in [-0.4, -0.2) is 5.16 Å². The molecule has 0 bridgehead atoms. The van der Waals surface area contributed by atoms with E-state index in [9.17, 15) is 0 Å². The van der Waals surface area contributed by atoms with E-state index in [-0.39, 0.29) is 0 Å². The van der Waals surface area contributed by atoms with Gasteiger partial charge in [-0.05, 0) is 11.3 Å². The maximum Gasteiger partial charge on any atom is 0.137 e. The third-order valence-corrected chi connectivity index (χ3v) is 3.48. The fraction of sp³-hybridized carbons (Fsp3) is 0.769. The van der Waals surface area contributed by atoms with Crippen molar-refractivity contribution in [1.29, 1.82) is 0 Å². The van der Waals surface area contributed by atoms with Crippen LogP contribution in [0.1, 0.15) is 64.8 Å². The summed E-state index contributed by atoms with van der Waals surface area (Å²) >= 11 is 0. The van der Waals surface area contributed by atoms with E-state index in [0.717, 1.165) is 17.9 Å². The number of hydrogen-bond donors (Lipinski definition) is 0. The van der Waals surface area contributed by atoms with Crippen LogP contribution in [0.2, 0.25) is 0 Å². The summed E-state index contributed by atoms with van der Waals surface area (Å²) in [7, 11) is 0. The highest BCUT2D eigenvalue weighted by Crippen LogP contribution is 2.30. The van der Waals surface area contributed by atoms with Crippen LogP contribution in [0, 0.1) is 5.41 Å². The topological polar surface area (TPSA) is 26.0 Å². The Morgan fingerprint density at radius 1 is 1.33 bits per heavy atom. The van der Waals surface area contributed by atoms with Crippen LogP contribution >= 0.6 is 0 Å². The molecule has 2 nitrogen and oxygen atoms in total. The van der Waals surface area contributed by atoms with Gasteiger partial charge in [-0.3, -0.25) is 0 Å². The molecule has 1 aromatic heterocycles. The molecular weight excluding hydrogens is 186 g/mol. The molecule has 15 heavy (non-hydrogen) atoms. The van der Waals surface area contributed by atoms with E-state index < -0.39 is 0 Å². The lowest BCUT2D eigenvalue weighted by Gasteiger charge is -2.24. The molecule has 0 aromatic carbocycles. The lowest BCUT2D eigenvalue weighted by molar-refractivity contribution is 0.256. The molecule has 0 aliphatic rings. The molecular formula is C13H23NO. The SMILES string of the molecule is CCC(C)(CC)Cc1cc(C(C)C)no1. The quantitative estimate of drug-likeness (QED) is 0.727. The molecule has 0 unspecified atom stereocenters. The second-order valence-corrected chi connectivity index (χ2v) is 5.07. The van der Waals surface area contributed by atoms with Gasteiger partial charge in [0, 0.05) is 12.5 Å². The molecule has 0 amide bonds. The van der Waals surface area contributed by atoms with Crippen molar-refractivity contribution in [2.75, 3.05) is 0 Å². The third-order valence-electron chi connectivity index (χ3n) is 3.48. The minimum atomic E-state index is 0.355. The second kappa shape index (κ2) is 4.82. The lowest BCUT2D eigenvalue weighted by atomic mass is 9.80. The molecule has 1 rings (SSSR count). The number of hydrogen-bond acceptors (Lipinski definition) is 2. The second-order valence-electron chi connectivity index (χ2n) is 5.07. The van der Waals surface area contributed by atoms with Gasteiger partial charge in [-0.1, -0.05) is 52.6 Å². The number of aromatic nitrogens is 1. The summed E-state index contributed by atoms with van der Waals surface area (Å²) in [5, 5.41) is 4.09. The van der Waals surface area contributed by atoms with Gasteiger partial charge in [-0.2, -0.15) is 0 Å². The van der Waals surface area contributed by atoms with E-state index in [4.69, 9.17) is 4.52 Å². The van der Waals surface area contributed by atoms with Crippen LogP contribution in [0.5, 0.6) is 0 Å². The molecule has 0 radical (unpaired) electrons. The van der Waals surface area contributed by atoms with Gasteiger partial charge in [-0.15, -0.1) is 0 Å². The maximum atomic E-state index is 5.38. The van der Waals surface area contributed by atoms with Gasteiger partial charge in [0.1, 0.15) is 5.76 Å². The summed E-state index contributed by atoms with van der Waals surface area (Å²) in [5.41, 5.74) is 1.42. The molecule has 0 fully saturated rings. The Balaban J connectivity index is 2.72. The Hall–Kier alpha value is -0.790. The normalized spacial score (nSPS) is 12.4. The van der Waals surface area contributed by atoms with Crippen LogP contribution in [0.25, 0.3) is 0 Å². The third kappa shape index (κ3) is 3.08. The molecule has 86 valence electrons. The molecule has 0 atom stereocenters. The zero-order valence-electron chi connectivity index (χ0n) is 10.6. The predicted molar refractivity (Wildman–Crippen MR) is 63.0 cm³/mol. The lowest BCUT2D eigenvalue weighted by Crippen LogP contribution is -2.16. The van der Waals surface area contributed by atoms with E-state index in [1.165, 1.54) is 12.8 Å². The van der Waals surface area contributed by atoms with E-state index in [1.807, 2.05) is 0 Å². The van der Waals surface area contributed by atoms with Crippen molar-refractivity contribution in [3.8, 4) is 0 Å². The van der Waals surface area contributed by atoms with Crippen LogP contribution in [0.15, 0.2) is 10.6 Å². The molecule has 0 spiro atoms. The van der Waals surface area contributed by atoms with Gasteiger partial charge >= 0.3 is 0 Å². The first-order chi connectivity index (χ1) is 7.00. The smallest absolute Gasteiger partial charge is 0.137 e. The van der Waals surface area contributed by atoms with Gasteiger partial charge in [0.05, 0.1) is 5.69 Å². The fourth-order valence-corrected chi connectivity index (χ4v) is 1.60. The Labute approximate surface area is 93.0 Å². The van der Waals surface area contributed by atoms with Gasteiger partial charge < -0.3 is 4.52 Å². The Morgan fingerprint density at radius 2 is 1.93 bits per heavy atom. The zero-order valence-corrected chi connectivity index (χ0v) is 10.6. The Bertz CT molecular complexity index is 297. The summed E-state index contributed by atoms with van der Waals surface area (Å²) in [6.07, 6.45) is 3.36. The number of rotatable bonds is 5. The average molecular weight is 209 g/mol. The van der Waals surface area contributed by atoms with Crippen molar-refractivity contribution in [2.24, 2.45) is 5.41 Å². The Kier molecular flexibility index (Phi) is 3.95. The predicted octanol–water partition coefficient (Wildman–Crippen LogP) is 4.17. The van der Waals surface area contributed by atoms with E-state index in [2.05, 4.69) is 45.8 Å². The highest BCUT2D eigenvalue weighted by atomic mass is 16.5. The average Bonchev–Trinajstić information content (AvgIpc) is 2.66. The molecule has 0 N–H and O–H groups in total. The largest absolute Gasteiger partial charge is 0.361 e. The first kappa shape index (κ1) is 12.3. The fourth-order valence-electron chi connectivity index (χ4n) is 1.60. The molecule has 0 aliphatic heterocycles. The molecule has 1 heterocycles. The molecule has 0 saturated carbocycles.